The van der Waals surface area contributed by atoms with Crippen molar-refractivity contribution in [1.82, 2.24) is 0 Å². The Kier molecular flexibility index (Phi) is 3.52. The summed E-state index contributed by atoms with van der Waals surface area (Å²) in [7, 11) is 0. The second kappa shape index (κ2) is 5.63. The largest absolute Gasteiger partial charge is 0.384 e. The van der Waals surface area contributed by atoms with Gasteiger partial charge in [0, 0.05) is 5.56 Å². The minimum Gasteiger partial charge on any atom is -0.384 e. The molecule has 0 aliphatic rings. The van der Waals surface area contributed by atoms with Crippen LogP contribution in [0.15, 0.2) is 78.9 Å². The van der Waals surface area contributed by atoms with Crippen LogP contribution in [0.2, 0.25) is 0 Å². The van der Waals surface area contributed by atoms with E-state index in [2.05, 4.69) is 24.3 Å². The van der Waals surface area contributed by atoms with Gasteiger partial charge in [0.2, 0.25) is 0 Å². The Morgan fingerprint density at radius 3 is 1.81 bits per heavy atom. The Hall–Kier alpha value is -2.87. The van der Waals surface area contributed by atoms with Gasteiger partial charge in [-0.25, -0.2) is 0 Å². The van der Waals surface area contributed by atoms with Crippen LogP contribution in [0.4, 0.5) is 0 Å². The quantitative estimate of drug-likeness (QED) is 0.542. The smallest absolute Gasteiger partial charge is 0.123 e. The highest BCUT2D eigenvalue weighted by molar-refractivity contribution is 6.03. The number of nitrogen functional groups attached to an aromatic ring is 1. The topological polar surface area (TPSA) is 49.9 Å². The SMILES string of the molecule is N=C(N)c1ccccc1-c1ccccc1-c1ccccc1. The van der Waals surface area contributed by atoms with Crippen molar-refractivity contribution in [2.24, 2.45) is 5.73 Å². The van der Waals surface area contributed by atoms with Crippen molar-refractivity contribution in [3.8, 4) is 22.3 Å². The molecule has 0 unspecified atom stereocenters. The summed E-state index contributed by atoms with van der Waals surface area (Å²) < 4.78 is 0. The highest BCUT2D eigenvalue weighted by atomic mass is 14.7. The zero-order valence-corrected chi connectivity index (χ0v) is 11.6. The second-order valence-electron chi connectivity index (χ2n) is 4.87. The van der Waals surface area contributed by atoms with Crippen molar-refractivity contribution in [2.75, 3.05) is 0 Å². The van der Waals surface area contributed by atoms with Crippen molar-refractivity contribution in [2.45, 2.75) is 0 Å². The van der Waals surface area contributed by atoms with Gasteiger partial charge in [-0.2, -0.15) is 0 Å². The first-order valence-corrected chi connectivity index (χ1v) is 6.85. The van der Waals surface area contributed by atoms with E-state index < -0.39 is 0 Å². The lowest BCUT2D eigenvalue weighted by Gasteiger charge is -2.13. The molecular weight excluding hydrogens is 256 g/mol. The van der Waals surface area contributed by atoms with Crippen LogP contribution in [-0.2, 0) is 0 Å². The van der Waals surface area contributed by atoms with Crippen molar-refractivity contribution in [3.63, 3.8) is 0 Å². The lowest BCUT2D eigenvalue weighted by atomic mass is 9.91. The standard InChI is InChI=1S/C19H16N2/c20-19(21)18-13-7-6-12-17(18)16-11-5-4-10-15(16)14-8-2-1-3-9-14/h1-13H,(H3,20,21). The van der Waals surface area contributed by atoms with E-state index in [9.17, 15) is 0 Å². The van der Waals surface area contributed by atoms with Gasteiger partial charge in [-0.15, -0.1) is 0 Å². The number of rotatable bonds is 3. The predicted molar refractivity (Wildman–Crippen MR) is 88.3 cm³/mol. The van der Waals surface area contributed by atoms with Gasteiger partial charge in [-0.05, 0) is 22.3 Å². The summed E-state index contributed by atoms with van der Waals surface area (Å²) in [5.74, 6) is 0.0912. The third kappa shape index (κ3) is 2.56. The fourth-order valence-corrected chi connectivity index (χ4v) is 2.54. The van der Waals surface area contributed by atoms with E-state index in [0.717, 1.165) is 27.8 Å². The minimum absolute atomic E-state index is 0.0912. The third-order valence-corrected chi connectivity index (χ3v) is 3.52. The van der Waals surface area contributed by atoms with Crippen LogP contribution >= 0.6 is 0 Å². The van der Waals surface area contributed by atoms with Gasteiger partial charge in [0.1, 0.15) is 5.84 Å². The first-order chi connectivity index (χ1) is 10.3. The molecule has 0 aromatic heterocycles. The van der Waals surface area contributed by atoms with Crippen LogP contribution in [0.3, 0.4) is 0 Å². The molecule has 0 atom stereocenters. The predicted octanol–water partition coefficient (Wildman–Crippen LogP) is 4.30. The molecule has 0 radical (unpaired) electrons. The zero-order valence-electron chi connectivity index (χ0n) is 11.6. The molecule has 0 amide bonds. The molecule has 0 heterocycles. The van der Waals surface area contributed by atoms with Crippen molar-refractivity contribution in [3.05, 3.63) is 84.4 Å². The van der Waals surface area contributed by atoms with E-state index in [1.165, 1.54) is 0 Å². The van der Waals surface area contributed by atoms with Crippen LogP contribution in [0.25, 0.3) is 22.3 Å². The lowest BCUT2D eigenvalue weighted by Crippen LogP contribution is -2.12. The molecule has 3 rings (SSSR count). The second-order valence-corrected chi connectivity index (χ2v) is 4.87. The summed E-state index contributed by atoms with van der Waals surface area (Å²) in [6.45, 7) is 0. The van der Waals surface area contributed by atoms with E-state index in [0.29, 0.717) is 0 Å². The van der Waals surface area contributed by atoms with E-state index in [1.54, 1.807) is 0 Å². The van der Waals surface area contributed by atoms with Crippen LogP contribution < -0.4 is 5.73 Å². The van der Waals surface area contributed by atoms with E-state index in [1.807, 2.05) is 54.6 Å². The number of nitrogens with two attached hydrogens (primary N) is 1. The van der Waals surface area contributed by atoms with E-state index in [-0.39, 0.29) is 5.84 Å². The maximum Gasteiger partial charge on any atom is 0.123 e. The van der Waals surface area contributed by atoms with Gasteiger partial charge in [0.25, 0.3) is 0 Å². The molecule has 0 saturated carbocycles. The fourth-order valence-electron chi connectivity index (χ4n) is 2.54. The van der Waals surface area contributed by atoms with Crippen LogP contribution in [0.5, 0.6) is 0 Å². The Bertz CT molecular complexity index is 776. The Morgan fingerprint density at radius 1 is 0.619 bits per heavy atom. The van der Waals surface area contributed by atoms with Crippen LogP contribution in [0.1, 0.15) is 5.56 Å². The molecule has 0 aliphatic carbocycles. The fraction of sp³-hybridized carbons (Fsp3) is 0. The normalized spacial score (nSPS) is 10.3. The summed E-state index contributed by atoms with van der Waals surface area (Å²) in [6.07, 6.45) is 0. The molecule has 3 N–H and O–H groups in total. The molecule has 0 aliphatic heterocycles. The van der Waals surface area contributed by atoms with E-state index >= 15 is 0 Å². The molecule has 2 heteroatoms. The van der Waals surface area contributed by atoms with Gasteiger partial charge in [0.15, 0.2) is 0 Å². The maximum absolute atomic E-state index is 7.78. The number of hydrogen-bond acceptors (Lipinski definition) is 1. The molecule has 0 spiro atoms. The maximum atomic E-state index is 7.78. The average Bonchev–Trinajstić information content (AvgIpc) is 2.55. The number of nitrogens with one attached hydrogen (secondary N) is 1. The summed E-state index contributed by atoms with van der Waals surface area (Å²) in [4.78, 5) is 0. The molecule has 0 saturated heterocycles. The summed E-state index contributed by atoms with van der Waals surface area (Å²) in [6, 6.07) is 26.3. The van der Waals surface area contributed by atoms with Crippen molar-refractivity contribution in [1.29, 1.82) is 5.41 Å². The average molecular weight is 272 g/mol. The molecular formula is C19H16N2. The number of benzene rings is 3. The monoisotopic (exact) mass is 272 g/mol. The Morgan fingerprint density at radius 2 is 1.14 bits per heavy atom. The first kappa shape index (κ1) is 13.1. The highest BCUT2D eigenvalue weighted by Crippen LogP contribution is 2.33. The molecule has 0 fully saturated rings. The lowest BCUT2D eigenvalue weighted by molar-refractivity contribution is 1.42. The molecule has 3 aromatic carbocycles. The van der Waals surface area contributed by atoms with Gasteiger partial charge in [-0.1, -0.05) is 78.9 Å². The molecule has 3 aromatic rings. The minimum atomic E-state index is 0.0912. The highest BCUT2D eigenvalue weighted by Gasteiger charge is 2.11. The van der Waals surface area contributed by atoms with Gasteiger partial charge >= 0.3 is 0 Å². The molecule has 2 nitrogen and oxygen atoms in total. The zero-order chi connectivity index (χ0) is 14.7. The number of amidine groups is 1. The first-order valence-electron chi connectivity index (χ1n) is 6.85. The third-order valence-electron chi connectivity index (χ3n) is 3.52. The summed E-state index contributed by atoms with van der Waals surface area (Å²) in [5.41, 5.74) is 10.9. The summed E-state index contributed by atoms with van der Waals surface area (Å²) >= 11 is 0. The van der Waals surface area contributed by atoms with Crippen molar-refractivity contribution >= 4 is 5.84 Å². The van der Waals surface area contributed by atoms with Crippen LogP contribution in [-0.4, -0.2) is 5.84 Å². The van der Waals surface area contributed by atoms with Gasteiger partial charge in [0.05, 0.1) is 0 Å². The summed E-state index contributed by atoms with van der Waals surface area (Å²) in [5, 5.41) is 7.78. The van der Waals surface area contributed by atoms with Crippen LogP contribution in [0, 0.1) is 5.41 Å². The number of hydrogen-bond donors (Lipinski definition) is 2. The Balaban J connectivity index is 2.24. The van der Waals surface area contributed by atoms with E-state index in [4.69, 9.17) is 11.1 Å². The van der Waals surface area contributed by atoms with Gasteiger partial charge < -0.3 is 5.73 Å². The molecule has 102 valence electrons. The van der Waals surface area contributed by atoms with Crippen molar-refractivity contribution < 1.29 is 0 Å². The van der Waals surface area contributed by atoms with Gasteiger partial charge in [-0.3, -0.25) is 5.41 Å². The molecule has 0 bridgehead atoms. The molecule has 21 heavy (non-hydrogen) atoms. The Labute approximate surface area is 124 Å².